The van der Waals surface area contributed by atoms with Crippen LogP contribution in [0.15, 0.2) is 0 Å². The number of nitrogens with zero attached hydrogens (tertiary/aromatic N) is 1. The molecule has 1 aliphatic rings. The number of hydrogen-bond acceptors (Lipinski definition) is 4. The molecule has 110 valence electrons. The minimum atomic E-state index is -1.15. The number of carboxylic acid groups (broad SMARTS) is 1. The number of aliphatic carboxylic acids is 1. The van der Waals surface area contributed by atoms with E-state index in [9.17, 15) is 9.59 Å². The summed E-state index contributed by atoms with van der Waals surface area (Å²) in [6, 6.07) is -0.00845. The first-order chi connectivity index (χ1) is 8.55. The van der Waals surface area contributed by atoms with Gasteiger partial charge in [-0.05, 0) is 46.5 Å². The van der Waals surface area contributed by atoms with Crippen molar-refractivity contribution in [2.45, 2.75) is 63.6 Å². The van der Waals surface area contributed by atoms with Gasteiger partial charge in [0.2, 0.25) is 0 Å². The molecule has 0 spiro atoms. The first-order valence-corrected chi connectivity index (χ1v) is 6.53. The van der Waals surface area contributed by atoms with Gasteiger partial charge >= 0.3 is 12.1 Å². The third-order valence-electron chi connectivity index (χ3n) is 3.50. The lowest BCUT2D eigenvalue weighted by Gasteiger charge is -2.38. The Bertz CT molecular complexity index is 354. The van der Waals surface area contributed by atoms with Crippen LogP contribution >= 0.6 is 0 Å². The molecule has 1 fully saturated rings. The summed E-state index contributed by atoms with van der Waals surface area (Å²) in [5.74, 6) is -0.967. The molecule has 1 aliphatic carbocycles. The quantitative estimate of drug-likeness (QED) is 0.796. The smallest absolute Gasteiger partial charge is 0.410 e. The van der Waals surface area contributed by atoms with Gasteiger partial charge in [0.05, 0.1) is 0 Å². The van der Waals surface area contributed by atoms with Crippen LogP contribution in [-0.2, 0) is 9.53 Å². The Morgan fingerprint density at radius 2 is 1.79 bits per heavy atom. The number of hydrogen-bond donors (Lipinski definition) is 2. The van der Waals surface area contributed by atoms with E-state index in [2.05, 4.69) is 0 Å². The number of amides is 1. The molecule has 1 amide bonds. The van der Waals surface area contributed by atoms with E-state index in [1.165, 1.54) is 0 Å². The van der Waals surface area contributed by atoms with E-state index in [1.54, 1.807) is 11.9 Å². The number of carbonyl (C=O) groups is 2. The molecule has 0 atom stereocenters. The van der Waals surface area contributed by atoms with Gasteiger partial charge in [0.15, 0.2) is 0 Å². The number of carboxylic acids is 1. The van der Waals surface area contributed by atoms with Crippen molar-refractivity contribution in [3.8, 4) is 0 Å². The van der Waals surface area contributed by atoms with Gasteiger partial charge in [-0.25, -0.2) is 4.79 Å². The highest BCUT2D eigenvalue weighted by Gasteiger charge is 2.40. The second-order valence-electron chi connectivity index (χ2n) is 6.28. The Morgan fingerprint density at radius 1 is 1.32 bits per heavy atom. The molecule has 0 bridgehead atoms. The molecule has 0 aromatic carbocycles. The van der Waals surface area contributed by atoms with Gasteiger partial charge in [0.25, 0.3) is 0 Å². The maximum absolute atomic E-state index is 11.9. The van der Waals surface area contributed by atoms with Gasteiger partial charge in [-0.2, -0.15) is 0 Å². The van der Waals surface area contributed by atoms with Crippen molar-refractivity contribution in [1.82, 2.24) is 4.90 Å². The summed E-state index contributed by atoms with van der Waals surface area (Å²) in [6.45, 7) is 5.44. The van der Waals surface area contributed by atoms with E-state index in [1.807, 2.05) is 20.8 Å². The molecule has 6 heteroatoms. The SMILES string of the molecule is CN(C(=O)OC(C)(C)C)C1CCC(N)(C(=O)O)CC1. The zero-order valence-electron chi connectivity index (χ0n) is 12.1. The molecule has 19 heavy (non-hydrogen) atoms. The van der Waals surface area contributed by atoms with E-state index < -0.39 is 17.1 Å². The van der Waals surface area contributed by atoms with Gasteiger partial charge in [-0.3, -0.25) is 4.79 Å². The van der Waals surface area contributed by atoms with Crippen LogP contribution in [0.5, 0.6) is 0 Å². The van der Waals surface area contributed by atoms with E-state index in [0.29, 0.717) is 25.7 Å². The highest BCUT2D eigenvalue weighted by atomic mass is 16.6. The van der Waals surface area contributed by atoms with Crippen molar-refractivity contribution in [3.05, 3.63) is 0 Å². The summed E-state index contributed by atoms with van der Waals surface area (Å²) in [5, 5.41) is 9.05. The van der Waals surface area contributed by atoms with E-state index in [-0.39, 0.29) is 12.1 Å². The summed E-state index contributed by atoms with van der Waals surface area (Å²) < 4.78 is 5.29. The molecule has 1 saturated carbocycles. The zero-order valence-corrected chi connectivity index (χ0v) is 12.1. The van der Waals surface area contributed by atoms with Gasteiger partial charge in [-0.1, -0.05) is 0 Å². The van der Waals surface area contributed by atoms with Crippen molar-refractivity contribution in [2.75, 3.05) is 7.05 Å². The normalized spacial score (nSPS) is 27.7. The molecule has 0 aromatic rings. The second-order valence-corrected chi connectivity index (χ2v) is 6.28. The molecule has 1 rings (SSSR count). The molecular weight excluding hydrogens is 248 g/mol. The van der Waals surface area contributed by atoms with Gasteiger partial charge in [0.1, 0.15) is 11.1 Å². The van der Waals surface area contributed by atoms with Crippen LogP contribution in [0, 0.1) is 0 Å². The van der Waals surface area contributed by atoms with Crippen LogP contribution in [0.25, 0.3) is 0 Å². The first kappa shape index (κ1) is 15.8. The summed E-state index contributed by atoms with van der Waals surface area (Å²) in [7, 11) is 1.68. The molecule has 0 saturated heterocycles. The maximum atomic E-state index is 11.9. The van der Waals surface area contributed by atoms with Gasteiger partial charge in [-0.15, -0.1) is 0 Å². The lowest BCUT2D eigenvalue weighted by molar-refractivity contribution is -0.145. The monoisotopic (exact) mass is 272 g/mol. The van der Waals surface area contributed by atoms with Crippen molar-refractivity contribution >= 4 is 12.1 Å². The van der Waals surface area contributed by atoms with Crippen LogP contribution in [0.3, 0.4) is 0 Å². The van der Waals surface area contributed by atoms with E-state index >= 15 is 0 Å². The minimum Gasteiger partial charge on any atom is -0.480 e. The third kappa shape index (κ3) is 4.09. The average Bonchev–Trinajstić information content (AvgIpc) is 2.26. The number of nitrogens with two attached hydrogens (primary N) is 1. The zero-order chi connectivity index (χ0) is 14.8. The van der Waals surface area contributed by atoms with Crippen LogP contribution < -0.4 is 5.73 Å². The fourth-order valence-electron chi connectivity index (χ4n) is 2.20. The lowest BCUT2D eigenvalue weighted by atomic mass is 9.80. The standard InChI is InChI=1S/C13H24N2O4/c1-12(2,3)19-11(18)15(4)9-5-7-13(14,8-6-9)10(16)17/h9H,5-8,14H2,1-4H3,(H,16,17). The molecule has 0 radical (unpaired) electrons. The number of rotatable bonds is 2. The molecule has 3 N–H and O–H groups in total. The topological polar surface area (TPSA) is 92.9 Å². The van der Waals surface area contributed by atoms with E-state index in [4.69, 9.17) is 15.6 Å². The van der Waals surface area contributed by atoms with Crippen LogP contribution in [0.1, 0.15) is 46.5 Å². The maximum Gasteiger partial charge on any atom is 0.410 e. The van der Waals surface area contributed by atoms with Crippen LogP contribution in [-0.4, -0.2) is 46.3 Å². The number of ether oxygens (including phenoxy) is 1. The molecule has 0 heterocycles. The van der Waals surface area contributed by atoms with Crippen LogP contribution in [0.2, 0.25) is 0 Å². The van der Waals surface area contributed by atoms with Crippen molar-refractivity contribution in [1.29, 1.82) is 0 Å². The Labute approximate surface area is 113 Å². The van der Waals surface area contributed by atoms with Crippen molar-refractivity contribution in [2.24, 2.45) is 5.73 Å². The largest absolute Gasteiger partial charge is 0.480 e. The summed E-state index contributed by atoms with van der Waals surface area (Å²) in [6.07, 6.45) is 1.54. The Hall–Kier alpha value is -1.30. The second kappa shape index (κ2) is 5.36. The molecule has 6 nitrogen and oxygen atoms in total. The van der Waals surface area contributed by atoms with E-state index in [0.717, 1.165) is 0 Å². The predicted molar refractivity (Wildman–Crippen MR) is 70.8 cm³/mol. The third-order valence-corrected chi connectivity index (χ3v) is 3.50. The Balaban J connectivity index is 2.56. The Kier molecular flexibility index (Phi) is 4.45. The summed E-state index contributed by atoms with van der Waals surface area (Å²) >= 11 is 0. The minimum absolute atomic E-state index is 0.00845. The summed E-state index contributed by atoms with van der Waals surface area (Å²) in [5.41, 5.74) is 4.13. The average molecular weight is 272 g/mol. The summed E-state index contributed by atoms with van der Waals surface area (Å²) in [4.78, 5) is 24.5. The van der Waals surface area contributed by atoms with Gasteiger partial charge < -0.3 is 20.5 Å². The highest BCUT2D eigenvalue weighted by molar-refractivity contribution is 5.78. The molecular formula is C13H24N2O4. The van der Waals surface area contributed by atoms with Crippen molar-refractivity contribution < 1.29 is 19.4 Å². The van der Waals surface area contributed by atoms with Crippen LogP contribution in [0.4, 0.5) is 4.79 Å². The molecule has 0 unspecified atom stereocenters. The Morgan fingerprint density at radius 3 is 2.16 bits per heavy atom. The van der Waals surface area contributed by atoms with Crippen molar-refractivity contribution in [3.63, 3.8) is 0 Å². The predicted octanol–water partition coefficient (Wildman–Crippen LogP) is 1.58. The molecule has 0 aliphatic heterocycles. The fraction of sp³-hybridized carbons (Fsp3) is 0.846. The van der Waals surface area contributed by atoms with Gasteiger partial charge in [0, 0.05) is 13.1 Å². The molecule has 0 aromatic heterocycles. The highest BCUT2D eigenvalue weighted by Crippen LogP contribution is 2.29. The lowest BCUT2D eigenvalue weighted by Crippen LogP contribution is -2.54. The number of carbonyl (C=O) groups excluding carboxylic acids is 1. The first-order valence-electron chi connectivity index (χ1n) is 6.53. The fourth-order valence-corrected chi connectivity index (χ4v) is 2.20.